The number of ether oxygens (including phenoxy) is 1. The Balaban J connectivity index is 1.86. The van der Waals surface area contributed by atoms with Gasteiger partial charge in [-0.1, -0.05) is 25.1 Å². The minimum atomic E-state index is -3.25. The van der Waals surface area contributed by atoms with E-state index in [1.807, 2.05) is 38.1 Å². The van der Waals surface area contributed by atoms with Crippen LogP contribution in [0.2, 0.25) is 0 Å². The number of aryl methyl sites for hydroxylation is 1. The van der Waals surface area contributed by atoms with Crippen molar-refractivity contribution in [2.24, 2.45) is 5.92 Å². The summed E-state index contributed by atoms with van der Waals surface area (Å²) in [4.78, 5) is 14.3. The van der Waals surface area contributed by atoms with E-state index in [1.54, 1.807) is 11.9 Å². The van der Waals surface area contributed by atoms with Crippen molar-refractivity contribution >= 4 is 15.9 Å². The standard InChI is InChI=1S/C19H30N2O4S/c1-4-14-26(23,24)21-11-7-9-17(15-21)19(22)20(3)12-13-25-18-10-6-5-8-16(18)2/h5-6,8,10,17H,4,7,9,11-15H2,1-3H3. The smallest absolute Gasteiger partial charge is 0.226 e. The summed E-state index contributed by atoms with van der Waals surface area (Å²) in [6.45, 7) is 5.54. The summed E-state index contributed by atoms with van der Waals surface area (Å²) in [5.74, 6) is 0.699. The van der Waals surface area contributed by atoms with E-state index in [4.69, 9.17) is 4.74 Å². The number of amides is 1. The zero-order valence-corrected chi connectivity index (χ0v) is 16.8. The molecule has 1 heterocycles. The van der Waals surface area contributed by atoms with Gasteiger partial charge in [0.2, 0.25) is 15.9 Å². The minimum Gasteiger partial charge on any atom is -0.491 e. The van der Waals surface area contributed by atoms with Gasteiger partial charge in [-0.3, -0.25) is 4.79 Å². The minimum absolute atomic E-state index is 0.00483. The van der Waals surface area contributed by atoms with Crippen molar-refractivity contribution in [3.05, 3.63) is 29.8 Å². The summed E-state index contributed by atoms with van der Waals surface area (Å²) in [6.07, 6.45) is 2.06. The average molecular weight is 383 g/mol. The number of likely N-dealkylation sites (N-methyl/N-ethyl adjacent to an activating group) is 1. The Bertz CT molecular complexity index is 705. The van der Waals surface area contributed by atoms with Crippen LogP contribution in [0.4, 0.5) is 0 Å². The summed E-state index contributed by atoms with van der Waals surface area (Å²) >= 11 is 0. The highest BCUT2D eigenvalue weighted by Gasteiger charge is 2.33. The van der Waals surface area contributed by atoms with Crippen molar-refractivity contribution in [2.45, 2.75) is 33.1 Å². The molecule has 2 rings (SSSR count). The quantitative estimate of drug-likeness (QED) is 0.692. The highest BCUT2D eigenvalue weighted by atomic mass is 32.2. The molecule has 1 aliphatic rings. The van der Waals surface area contributed by atoms with E-state index in [0.29, 0.717) is 32.7 Å². The monoisotopic (exact) mass is 382 g/mol. The van der Waals surface area contributed by atoms with Gasteiger partial charge in [0.1, 0.15) is 12.4 Å². The summed E-state index contributed by atoms with van der Waals surface area (Å²) in [5.41, 5.74) is 1.06. The van der Waals surface area contributed by atoms with Crippen LogP contribution in [-0.2, 0) is 14.8 Å². The topological polar surface area (TPSA) is 66.9 Å². The van der Waals surface area contributed by atoms with Gasteiger partial charge in [-0.25, -0.2) is 12.7 Å². The van der Waals surface area contributed by atoms with Crippen molar-refractivity contribution in [3.63, 3.8) is 0 Å². The molecular weight excluding hydrogens is 352 g/mol. The molecule has 1 atom stereocenters. The van der Waals surface area contributed by atoms with E-state index >= 15 is 0 Å². The van der Waals surface area contributed by atoms with Crippen molar-refractivity contribution in [1.29, 1.82) is 0 Å². The molecule has 1 unspecified atom stereocenters. The van der Waals surface area contributed by atoms with Gasteiger partial charge >= 0.3 is 0 Å². The van der Waals surface area contributed by atoms with Gasteiger partial charge in [0.15, 0.2) is 0 Å². The lowest BCUT2D eigenvalue weighted by atomic mass is 9.98. The van der Waals surface area contributed by atoms with Gasteiger partial charge < -0.3 is 9.64 Å². The number of carbonyl (C=O) groups excluding carboxylic acids is 1. The first kappa shape index (κ1) is 20.7. The lowest BCUT2D eigenvalue weighted by molar-refractivity contribution is -0.135. The van der Waals surface area contributed by atoms with Crippen LogP contribution in [-0.4, -0.2) is 62.6 Å². The van der Waals surface area contributed by atoms with Crippen LogP contribution in [0, 0.1) is 12.8 Å². The van der Waals surface area contributed by atoms with Gasteiger partial charge in [0.25, 0.3) is 0 Å². The third-order valence-corrected chi connectivity index (χ3v) is 6.79. The Kier molecular flexibility index (Phi) is 7.46. The fourth-order valence-corrected chi connectivity index (χ4v) is 4.80. The summed E-state index contributed by atoms with van der Waals surface area (Å²) in [7, 11) is -1.49. The first-order valence-corrected chi connectivity index (χ1v) is 10.9. The van der Waals surface area contributed by atoms with Crippen LogP contribution in [0.25, 0.3) is 0 Å². The Morgan fingerprint density at radius 2 is 2.08 bits per heavy atom. The highest BCUT2D eigenvalue weighted by Crippen LogP contribution is 2.22. The highest BCUT2D eigenvalue weighted by molar-refractivity contribution is 7.89. The van der Waals surface area contributed by atoms with Crippen molar-refractivity contribution in [1.82, 2.24) is 9.21 Å². The summed E-state index contributed by atoms with van der Waals surface area (Å²) in [5, 5.41) is 0. The number of hydrogen-bond acceptors (Lipinski definition) is 4. The third kappa shape index (κ3) is 5.45. The predicted octanol–water partition coefficient (Wildman–Crippen LogP) is 2.28. The molecule has 146 valence electrons. The van der Waals surface area contributed by atoms with Gasteiger partial charge in [0.05, 0.1) is 18.2 Å². The number of carbonyl (C=O) groups is 1. The molecule has 6 nitrogen and oxygen atoms in total. The molecule has 1 saturated heterocycles. The Hall–Kier alpha value is -1.60. The van der Waals surface area contributed by atoms with Crippen molar-refractivity contribution in [2.75, 3.05) is 39.0 Å². The van der Waals surface area contributed by atoms with E-state index in [2.05, 4.69) is 0 Å². The molecule has 0 bridgehead atoms. The number of nitrogens with zero attached hydrogens (tertiary/aromatic N) is 2. The van der Waals surface area contributed by atoms with Crippen LogP contribution < -0.4 is 4.74 Å². The number of piperidine rings is 1. The maximum absolute atomic E-state index is 12.7. The van der Waals surface area contributed by atoms with E-state index in [1.165, 1.54) is 4.31 Å². The van der Waals surface area contributed by atoms with E-state index < -0.39 is 10.0 Å². The molecule has 0 radical (unpaired) electrons. The molecule has 26 heavy (non-hydrogen) atoms. The van der Waals surface area contributed by atoms with Crippen molar-refractivity contribution < 1.29 is 17.9 Å². The lowest BCUT2D eigenvalue weighted by Crippen LogP contribution is -2.47. The number of hydrogen-bond donors (Lipinski definition) is 0. The molecule has 0 saturated carbocycles. The number of rotatable bonds is 8. The molecule has 0 aliphatic carbocycles. The molecule has 0 N–H and O–H groups in total. The molecule has 1 fully saturated rings. The van der Waals surface area contributed by atoms with E-state index in [0.717, 1.165) is 24.2 Å². The normalized spacial score (nSPS) is 18.5. The van der Waals surface area contributed by atoms with Crippen LogP contribution >= 0.6 is 0 Å². The van der Waals surface area contributed by atoms with Crippen LogP contribution in [0.3, 0.4) is 0 Å². The number of sulfonamides is 1. The Morgan fingerprint density at radius 3 is 2.77 bits per heavy atom. The molecule has 7 heteroatoms. The molecule has 1 aromatic carbocycles. The second kappa shape index (κ2) is 9.37. The molecule has 1 aromatic rings. The zero-order chi connectivity index (χ0) is 19.2. The zero-order valence-electron chi connectivity index (χ0n) is 16.0. The molecule has 0 spiro atoms. The maximum atomic E-state index is 12.7. The second-order valence-corrected chi connectivity index (χ2v) is 8.98. The Labute approximate surface area is 157 Å². The lowest BCUT2D eigenvalue weighted by Gasteiger charge is -2.33. The fraction of sp³-hybridized carbons (Fsp3) is 0.632. The van der Waals surface area contributed by atoms with Crippen LogP contribution in [0.1, 0.15) is 31.7 Å². The Morgan fingerprint density at radius 1 is 1.35 bits per heavy atom. The van der Waals surface area contributed by atoms with Crippen molar-refractivity contribution in [3.8, 4) is 5.75 Å². The molecule has 0 aromatic heterocycles. The summed E-state index contributed by atoms with van der Waals surface area (Å²) in [6, 6.07) is 7.77. The first-order valence-electron chi connectivity index (χ1n) is 9.26. The first-order chi connectivity index (χ1) is 12.3. The SMILES string of the molecule is CCCS(=O)(=O)N1CCCC(C(=O)N(C)CCOc2ccccc2C)C1. The maximum Gasteiger partial charge on any atom is 0.226 e. The van der Waals surface area contributed by atoms with Gasteiger partial charge in [-0.05, 0) is 37.8 Å². The third-order valence-electron chi connectivity index (χ3n) is 4.74. The molecular formula is C19H30N2O4S. The van der Waals surface area contributed by atoms with Gasteiger partial charge in [-0.2, -0.15) is 0 Å². The number of para-hydroxylation sites is 1. The van der Waals surface area contributed by atoms with E-state index in [-0.39, 0.29) is 17.6 Å². The van der Waals surface area contributed by atoms with Crippen LogP contribution in [0.5, 0.6) is 5.75 Å². The van der Waals surface area contributed by atoms with Gasteiger partial charge in [0, 0.05) is 20.1 Å². The molecule has 1 amide bonds. The number of benzene rings is 1. The second-order valence-electron chi connectivity index (χ2n) is 6.89. The fourth-order valence-electron chi connectivity index (χ4n) is 3.22. The summed E-state index contributed by atoms with van der Waals surface area (Å²) < 4.78 is 31.8. The van der Waals surface area contributed by atoms with Gasteiger partial charge in [-0.15, -0.1) is 0 Å². The van der Waals surface area contributed by atoms with Crippen LogP contribution in [0.15, 0.2) is 24.3 Å². The molecule has 1 aliphatic heterocycles. The largest absolute Gasteiger partial charge is 0.491 e. The average Bonchev–Trinajstić information content (AvgIpc) is 2.62. The predicted molar refractivity (Wildman–Crippen MR) is 103 cm³/mol. The van der Waals surface area contributed by atoms with E-state index in [9.17, 15) is 13.2 Å².